The normalized spacial score (nSPS) is 26.9. The Morgan fingerprint density at radius 2 is 1.88 bits per heavy atom. The molecule has 2 aliphatic carbocycles. The molecule has 25 heavy (non-hydrogen) atoms. The molecule has 1 saturated heterocycles. The summed E-state index contributed by atoms with van der Waals surface area (Å²) in [4.78, 5) is 14.8. The van der Waals surface area contributed by atoms with Crippen LogP contribution in [-0.4, -0.2) is 38.3 Å². The molecule has 0 aromatic carbocycles. The van der Waals surface area contributed by atoms with Crippen LogP contribution in [-0.2, 0) is 7.05 Å². The highest BCUT2D eigenvalue weighted by atomic mass is 16.2. The molecule has 1 aliphatic heterocycles. The Labute approximate surface area is 150 Å². The zero-order valence-electron chi connectivity index (χ0n) is 15.4. The molecule has 6 heteroatoms. The zero-order chi connectivity index (χ0) is 17.3. The number of nitrogens with zero attached hydrogens (tertiary/aromatic N) is 4. The first-order valence-corrected chi connectivity index (χ1v) is 10.1. The highest BCUT2D eigenvalue weighted by Gasteiger charge is 2.38. The van der Waals surface area contributed by atoms with Gasteiger partial charge >= 0.3 is 6.03 Å². The van der Waals surface area contributed by atoms with Crippen molar-refractivity contribution < 1.29 is 4.79 Å². The van der Waals surface area contributed by atoms with E-state index >= 15 is 0 Å². The second kappa shape index (κ2) is 6.96. The predicted molar refractivity (Wildman–Crippen MR) is 96.0 cm³/mol. The van der Waals surface area contributed by atoms with Gasteiger partial charge in [0.1, 0.15) is 6.33 Å². The fourth-order valence-corrected chi connectivity index (χ4v) is 5.31. The van der Waals surface area contributed by atoms with Gasteiger partial charge in [-0.2, -0.15) is 0 Å². The van der Waals surface area contributed by atoms with Crippen LogP contribution < -0.4 is 5.32 Å². The van der Waals surface area contributed by atoms with E-state index in [1.807, 2.05) is 16.5 Å². The number of carbonyl (C=O) groups is 1. The van der Waals surface area contributed by atoms with E-state index in [-0.39, 0.29) is 12.1 Å². The first-order valence-electron chi connectivity index (χ1n) is 10.1. The number of urea groups is 1. The first kappa shape index (κ1) is 16.9. The molecule has 2 amide bonds. The molecule has 1 spiro atoms. The van der Waals surface area contributed by atoms with Crippen molar-refractivity contribution in [2.45, 2.75) is 82.7 Å². The number of aromatic nitrogens is 3. The molecule has 4 rings (SSSR count). The van der Waals surface area contributed by atoms with Gasteiger partial charge in [-0.15, -0.1) is 10.2 Å². The quantitative estimate of drug-likeness (QED) is 0.891. The second-order valence-corrected chi connectivity index (χ2v) is 8.44. The van der Waals surface area contributed by atoms with E-state index in [0.29, 0.717) is 11.5 Å². The summed E-state index contributed by atoms with van der Waals surface area (Å²) in [5.41, 5.74) is 0.605. The Morgan fingerprint density at radius 1 is 1.12 bits per heavy atom. The highest BCUT2D eigenvalue weighted by Crippen LogP contribution is 2.47. The van der Waals surface area contributed by atoms with Crippen molar-refractivity contribution in [2.75, 3.05) is 6.54 Å². The van der Waals surface area contributed by atoms with Crippen LogP contribution in [0.2, 0.25) is 0 Å². The largest absolute Gasteiger partial charge is 0.335 e. The molecule has 1 unspecified atom stereocenters. The molecule has 2 heterocycles. The lowest BCUT2D eigenvalue weighted by Gasteiger charge is -2.43. The Hall–Kier alpha value is -1.59. The van der Waals surface area contributed by atoms with Crippen molar-refractivity contribution >= 4 is 6.03 Å². The summed E-state index contributed by atoms with van der Waals surface area (Å²) in [5.74, 6) is 0.900. The Morgan fingerprint density at radius 3 is 2.56 bits per heavy atom. The third-order valence-electron chi connectivity index (χ3n) is 6.85. The van der Waals surface area contributed by atoms with Gasteiger partial charge in [0.25, 0.3) is 0 Å². The molecule has 2 saturated carbocycles. The van der Waals surface area contributed by atoms with Gasteiger partial charge in [0, 0.05) is 19.6 Å². The lowest BCUT2D eigenvalue weighted by molar-refractivity contribution is 0.105. The van der Waals surface area contributed by atoms with Crippen LogP contribution in [0.4, 0.5) is 4.79 Å². The van der Waals surface area contributed by atoms with E-state index < -0.39 is 0 Å². The summed E-state index contributed by atoms with van der Waals surface area (Å²) in [6.07, 6.45) is 15.7. The number of carbonyl (C=O) groups excluding carboxylic acids is 1. The third-order valence-corrected chi connectivity index (χ3v) is 6.85. The van der Waals surface area contributed by atoms with Crippen molar-refractivity contribution in [3.63, 3.8) is 0 Å². The minimum absolute atomic E-state index is 0.0702. The van der Waals surface area contributed by atoms with E-state index in [1.54, 1.807) is 6.33 Å². The summed E-state index contributed by atoms with van der Waals surface area (Å²) >= 11 is 0. The summed E-state index contributed by atoms with van der Waals surface area (Å²) in [6, 6.07) is 0.511. The topological polar surface area (TPSA) is 63.1 Å². The second-order valence-electron chi connectivity index (χ2n) is 8.44. The van der Waals surface area contributed by atoms with Crippen LogP contribution in [0.3, 0.4) is 0 Å². The van der Waals surface area contributed by atoms with Crippen LogP contribution >= 0.6 is 0 Å². The number of aryl methyl sites for hydroxylation is 1. The summed E-state index contributed by atoms with van der Waals surface area (Å²) in [5, 5.41) is 11.5. The molecule has 1 aromatic rings. The molecule has 1 atom stereocenters. The molecule has 6 nitrogen and oxygen atoms in total. The number of likely N-dealkylation sites (tertiary alicyclic amines) is 1. The summed E-state index contributed by atoms with van der Waals surface area (Å²) in [7, 11) is 1.95. The van der Waals surface area contributed by atoms with Gasteiger partial charge in [-0.1, -0.05) is 19.3 Å². The number of nitrogens with one attached hydrogen (secondary N) is 1. The summed E-state index contributed by atoms with van der Waals surface area (Å²) in [6.45, 7) is 0.819. The summed E-state index contributed by atoms with van der Waals surface area (Å²) < 4.78 is 1.93. The number of amides is 2. The number of rotatable bonds is 2. The van der Waals surface area contributed by atoms with Crippen LogP contribution in [0, 0.1) is 5.41 Å². The molecule has 0 bridgehead atoms. The minimum Gasteiger partial charge on any atom is -0.335 e. The maximum Gasteiger partial charge on any atom is 0.318 e. The lowest BCUT2D eigenvalue weighted by Crippen LogP contribution is -2.47. The molecule has 138 valence electrons. The predicted octanol–water partition coefficient (Wildman–Crippen LogP) is 3.55. The van der Waals surface area contributed by atoms with E-state index in [9.17, 15) is 4.79 Å². The van der Waals surface area contributed by atoms with Gasteiger partial charge in [-0.3, -0.25) is 0 Å². The van der Waals surface area contributed by atoms with Crippen molar-refractivity contribution in [1.29, 1.82) is 0 Å². The fourth-order valence-electron chi connectivity index (χ4n) is 5.31. The SMILES string of the molecule is Cn1cnnc1C1CCCN1C(=O)NC1CCC2(CCCCC2)CC1. The van der Waals surface area contributed by atoms with Crippen molar-refractivity contribution in [3.05, 3.63) is 12.2 Å². The zero-order valence-corrected chi connectivity index (χ0v) is 15.4. The van der Waals surface area contributed by atoms with E-state index in [4.69, 9.17) is 0 Å². The molecular weight excluding hydrogens is 314 g/mol. The molecule has 1 N–H and O–H groups in total. The van der Waals surface area contributed by atoms with E-state index in [1.165, 1.54) is 44.9 Å². The van der Waals surface area contributed by atoms with Crippen LogP contribution in [0.25, 0.3) is 0 Å². The Bertz CT molecular complexity index is 597. The fraction of sp³-hybridized carbons (Fsp3) is 0.842. The molecule has 3 aliphatic rings. The smallest absolute Gasteiger partial charge is 0.318 e. The van der Waals surface area contributed by atoms with E-state index in [0.717, 1.165) is 38.1 Å². The van der Waals surface area contributed by atoms with Gasteiger partial charge in [0.2, 0.25) is 0 Å². The van der Waals surface area contributed by atoms with Crippen LogP contribution in [0.5, 0.6) is 0 Å². The molecule has 0 radical (unpaired) electrons. The lowest BCUT2D eigenvalue weighted by atomic mass is 9.64. The van der Waals surface area contributed by atoms with Gasteiger partial charge in [-0.25, -0.2) is 4.79 Å². The van der Waals surface area contributed by atoms with Crippen LogP contribution in [0.1, 0.15) is 82.5 Å². The average Bonchev–Trinajstić information content (AvgIpc) is 3.26. The molecular formula is C19H31N5O. The number of hydrogen-bond donors (Lipinski definition) is 1. The van der Waals surface area contributed by atoms with Gasteiger partial charge in [0.15, 0.2) is 5.82 Å². The van der Waals surface area contributed by atoms with Crippen molar-refractivity contribution in [3.8, 4) is 0 Å². The van der Waals surface area contributed by atoms with Crippen molar-refractivity contribution in [2.24, 2.45) is 12.5 Å². The first-order chi connectivity index (χ1) is 12.2. The van der Waals surface area contributed by atoms with Gasteiger partial charge < -0.3 is 14.8 Å². The average molecular weight is 345 g/mol. The molecule has 1 aromatic heterocycles. The van der Waals surface area contributed by atoms with Crippen molar-refractivity contribution in [1.82, 2.24) is 25.0 Å². The van der Waals surface area contributed by atoms with Gasteiger partial charge in [0.05, 0.1) is 6.04 Å². The Kier molecular flexibility index (Phi) is 4.69. The van der Waals surface area contributed by atoms with E-state index in [2.05, 4.69) is 15.5 Å². The standard InChI is InChI=1S/C19H31N5O/c1-23-14-20-22-17(23)16-6-5-13-24(16)18(25)21-15-7-11-19(12-8-15)9-3-2-4-10-19/h14-16H,2-13H2,1H3,(H,21,25). The highest BCUT2D eigenvalue weighted by molar-refractivity contribution is 5.75. The maximum absolute atomic E-state index is 12.9. The van der Waals surface area contributed by atoms with Crippen LogP contribution in [0.15, 0.2) is 6.33 Å². The number of hydrogen-bond acceptors (Lipinski definition) is 3. The monoisotopic (exact) mass is 345 g/mol. The Balaban J connectivity index is 1.34. The maximum atomic E-state index is 12.9. The third kappa shape index (κ3) is 3.40. The van der Waals surface area contributed by atoms with Gasteiger partial charge in [-0.05, 0) is 56.8 Å². The minimum atomic E-state index is 0.0702. The molecule has 3 fully saturated rings.